The molecule has 6 nitrogen and oxygen atoms in total. The van der Waals surface area contributed by atoms with Crippen molar-refractivity contribution in [3.8, 4) is 10.6 Å². The van der Waals surface area contributed by atoms with Crippen molar-refractivity contribution >= 4 is 43.2 Å². The van der Waals surface area contributed by atoms with E-state index in [9.17, 15) is 13.2 Å². The molecule has 0 bridgehead atoms. The quantitative estimate of drug-likeness (QED) is 0.449. The lowest BCUT2D eigenvalue weighted by Crippen LogP contribution is -2.41. The van der Waals surface area contributed by atoms with Crippen molar-refractivity contribution < 1.29 is 13.2 Å². The Morgan fingerprint density at radius 1 is 1.00 bits per heavy atom. The topological polar surface area (TPSA) is 88.2 Å². The molecule has 0 saturated carbocycles. The number of hydrogen-bond acceptors (Lipinski definition) is 5. The number of thiazole rings is 1. The number of benzene rings is 3. The molecule has 0 unspecified atom stereocenters. The van der Waals surface area contributed by atoms with Crippen LogP contribution in [0.3, 0.4) is 0 Å². The van der Waals surface area contributed by atoms with Crippen LogP contribution in [-0.4, -0.2) is 25.4 Å². The van der Waals surface area contributed by atoms with Crippen LogP contribution in [0.2, 0.25) is 0 Å². The van der Waals surface area contributed by atoms with E-state index in [1.165, 1.54) is 24.6 Å². The zero-order valence-electron chi connectivity index (χ0n) is 17.0. The molecule has 0 saturated heterocycles. The van der Waals surface area contributed by atoms with Gasteiger partial charge in [0.1, 0.15) is 5.01 Å². The number of sulfonamides is 1. The highest BCUT2D eigenvalue weighted by molar-refractivity contribution is 7.89. The van der Waals surface area contributed by atoms with E-state index in [0.29, 0.717) is 5.69 Å². The van der Waals surface area contributed by atoms with Gasteiger partial charge in [-0.25, -0.2) is 13.4 Å². The Kier molecular flexibility index (Phi) is 5.86. The molecule has 0 aliphatic carbocycles. The van der Waals surface area contributed by atoms with E-state index in [2.05, 4.69) is 28.0 Å². The summed E-state index contributed by atoms with van der Waals surface area (Å²) >= 11 is 1.62. The van der Waals surface area contributed by atoms with Crippen LogP contribution in [0.4, 0.5) is 5.69 Å². The van der Waals surface area contributed by atoms with Gasteiger partial charge in [0.05, 0.1) is 21.2 Å². The Bertz CT molecular complexity index is 1330. The second-order valence-corrected chi connectivity index (χ2v) is 9.96. The van der Waals surface area contributed by atoms with E-state index in [1.807, 2.05) is 24.3 Å². The fourth-order valence-corrected chi connectivity index (χ4v) is 5.35. The van der Waals surface area contributed by atoms with Gasteiger partial charge in [-0.2, -0.15) is 4.72 Å². The van der Waals surface area contributed by atoms with Crippen LogP contribution in [0.5, 0.6) is 0 Å². The second-order valence-electron chi connectivity index (χ2n) is 7.21. The summed E-state index contributed by atoms with van der Waals surface area (Å²) in [6.45, 7) is 3.56. The van der Waals surface area contributed by atoms with Crippen molar-refractivity contribution in [1.82, 2.24) is 9.71 Å². The van der Waals surface area contributed by atoms with E-state index < -0.39 is 22.0 Å². The number of fused-ring (bicyclic) bond motifs is 1. The van der Waals surface area contributed by atoms with Crippen LogP contribution < -0.4 is 10.0 Å². The van der Waals surface area contributed by atoms with Crippen LogP contribution in [0.1, 0.15) is 12.5 Å². The highest BCUT2D eigenvalue weighted by Gasteiger charge is 2.22. The summed E-state index contributed by atoms with van der Waals surface area (Å²) in [5.41, 5.74) is 3.69. The molecule has 2 N–H and O–H groups in total. The van der Waals surface area contributed by atoms with Crippen molar-refractivity contribution in [2.24, 2.45) is 0 Å². The van der Waals surface area contributed by atoms with E-state index >= 15 is 0 Å². The van der Waals surface area contributed by atoms with Crippen molar-refractivity contribution in [2.45, 2.75) is 24.8 Å². The van der Waals surface area contributed by atoms with Crippen molar-refractivity contribution in [2.75, 3.05) is 5.32 Å². The maximum atomic E-state index is 12.5. The Morgan fingerprint density at radius 3 is 2.42 bits per heavy atom. The van der Waals surface area contributed by atoms with Gasteiger partial charge in [0.25, 0.3) is 0 Å². The van der Waals surface area contributed by atoms with Crippen LogP contribution in [0.15, 0.2) is 77.7 Å². The molecule has 158 valence electrons. The smallest absolute Gasteiger partial charge is 0.242 e. The minimum absolute atomic E-state index is 0.116. The monoisotopic (exact) mass is 451 g/mol. The molecule has 3 aromatic carbocycles. The number of carbonyl (C=O) groups is 1. The minimum atomic E-state index is -3.77. The largest absolute Gasteiger partial charge is 0.325 e. The van der Waals surface area contributed by atoms with Crippen LogP contribution >= 0.6 is 11.3 Å². The molecule has 0 spiro atoms. The number of rotatable bonds is 6. The van der Waals surface area contributed by atoms with E-state index in [4.69, 9.17) is 0 Å². The Balaban J connectivity index is 1.44. The van der Waals surface area contributed by atoms with Gasteiger partial charge >= 0.3 is 0 Å². The zero-order chi connectivity index (χ0) is 22.0. The number of amides is 1. The fourth-order valence-electron chi connectivity index (χ4n) is 3.06. The number of nitrogens with zero attached hydrogens (tertiary/aromatic N) is 1. The highest BCUT2D eigenvalue weighted by atomic mass is 32.2. The lowest BCUT2D eigenvalue weighted by atomic mass is 10.2. The Morgan fingerprint density at radius 2 is 1.71 bits per heavy atom. The number of nitrogens with one attached hydrogen (secondary N) is 2. The normalized spacial score (nSPS) is 12.6. The number of anilines is 1. The van der Waals surface area contributed by atoms with Gasteiger partial charge in [-0.1, -0.05) is 24.3 Å². The summed E-state index contributed by atoms with van der Waals surface area (Å²) in [5, 5.41) is 3.65. The lowest BCUT2D eigenvalue weighted by molar-refractivity contribution is -0.117. The molecule has 0 radical (unpaired) electrons. The summed E-state index contributed by atoms with van der Waals surface area (Å²) in [6, 6.07) is 20.5. The van der Waals surface area contributed by atoms with Crippen molar-refractivity contribution in [1.29, 1.82) is 0 Å². The molecule has 4 aromatic rings. The zero-order valence-corrected chi connectivity index (χ0v) is 18.6. The third kappa shape index (κ3) is 4.82. The van der Waals surface area contributed by atoms with E-state index in [1.54, 1.807) is 41.7 Å². The molecule has 0 aliphatic rings. The van der Waals surface area contributed by atoms with E-state index in [-0.39, 0.29) is 4.90 Å². The molecule has 31 heavy (non-hydrogen) atoms. The first-order valence-electron chi connectivity index (χ1n) is 9.68. The average molecular weight is 452 g/mol. The first-order valence-corrected chi connectivity index (χ1v) is 12.0. The average Bonchev–Trinajstić information content (AvgIpc) is 3.17. The van der Waals surface area contributed by atoms with Crippen molar-refractivity contribution in [3.05, 3.63) is 78.4 Å². The molecule has 8 heteroatoms. The summed E-state index contributed by atoms with van der Waals surface area (Å²) < 4.78 is 28.3. The van der Waals surface area contributed by atoms with Crippen LogP contribution in [0, 0.1) is 6.92 Å². The number of aryl methyl sites for hydroxylation is 1. The first kappa shape index (κ1) is 21.2. The highest BCUT2D eigenvalue weighted by Crippen LogP contribution is 2.31. The van der Waals surface area contributed by atoms with Gasteiger partial charge < -0.3 is 5.32 Å². The Labute approximate surface area is 185 Å². The molecule has 0 fully saturated rings. The summed E-state index contributed by atoms with van der Waals surface area (Å²) in [7, 11) is -3.77. The number of aromatic nitrogens is 1. The number of carbonyl (C=O) groups excluding carboxylic acids is 1. The van der Waals surface area contributed by atoms with E-state index in [0.717, 1.165) is 20.8 Å². The molecule has 0 aliphatic heterocycles. The maximum absolute atomic E-state index is 12.5. The second kappa shape index (κ2) is 8.58. The standard InChI is InChI=1S/C23H21N3O3S2/c1-15-8-13-20-21(14-15)30-23(25-20)17-9-11-18(12-10-17)24-22(27)16(2)26-31(28,29)19-6-4-3-5-7-19/h3-14,16,26H,1-2H3,(H,24,27)/t16-/m0/s1. The van der Waals surface area contributed by atoms with Gasteiger partial charge in [0, 0.05) is 11.3 Å². The summed E-state index contributed by atoms with van der Waals surface area (Å²) in [4.78, 5) is 17.3. The molecule has 1 heterocycles. The van der Waals surface area contributed by atoms with Gasteiger partial charge in [-0.15, -0.1) is 11.3 Å². The summed E-state index contributed by atoms with van der Waals surface area (Å²) in [6.07, 6.45) is 0. The van der Waals surface area contributed by atoms with Gasteiger partial charge in [-0.3, -0.25) is 4.79 Å². The van der Waals surface area contributed by atoms with Gasteiger partial charge in [0.15, 0.2) is 0 Å². The molecule has 4 rings (SSSR count). The molecular formula is C23H21N3O3S2. The lowest BCUT2D eigenvalue weighted by Gasteiger charge is -2.14. The predicted octanol–water partition coefficient (Wildman–Crippen LogP) is 4.58. The molecule has 1 aromatic heterocycles. The molecule has 1 atom stereocenters. The predicted molar refractivity (Wildman–Crippen MR) is 125 cm³/mol. The maximum Gasteiger partial charge on any atom is 0.242 e. The first-order chi connectivity index (χ1) is 14.8. The third-order valence-corrected chi connectivity index (χ3v) is 7.35. The van der Waals surface area contributed by atoms with Gasteiger partial charge in [-0.05, 0) is 67.9 Å². The third-order valence-electron chi connectivity index (χ3n) is 4.72. The van der Waals surface area contributed by atoms with Crippen LogP contribution in [-0.2, 0) is 14.8 Å². The molecule has 1 amide bonds. The van der Waals surface area contributed by atoms with Crippen LogP contribution in [0.25, 0.3) is 20.8 Å². The minimum Gasteiger partial charge on any atom is -0.325 e. The van der Waals surface area contributed by atoms with Gasteiger partial charge in [0.2, 0.25) is 15.9 Å². The Hall–Kier alpha value is -3.07. The summed E-state index contributed by atoms with van der Waals surface area (Å²) in [5.74, 6) is -0.442. The number of hydrogen-bond donors (Lipinski definition) is 2. The fraction of sp³-hybridized carbons (Fsp3) is 0.130. The molecular weight excluding hydrogens is 430 g/mol. The SMILES string of the molecule is Cc1ccc2nc(-c3ccc(NC(=O)[C@H](C)NS(=O)(=O)c4ccccc4)cc3)sc2c1. The van der Waals surface area contributed by atoms with Crippen molar-refractivity contribution in [3.63, 3.8) is 0 Å².